The second-order valence-corrected chi connectivity index (χ2v) is 8.18. The minimum Gasteiger partial charge on any atom is -0.490 e. The van der Waals surface area contributed by atoms with Crippen LogP contribution in [-0.2, 0) is 5.41 Å². The largest absolute Gasteiger partial charge is 0.490 e. The molecule has 0 saturated carbocycles. The summed E-state index contributed by atoms with van der Waals surface area (Å²) in [6.07, 6.45) is 4.16. The van der Waals surface area contributed by atoms with E-state index >= 15 is 0 Å². The Kier molecular flexibility index (Phi) is 9.88. The van der Waals surface area contributed by atoms with Crippen LogP contribution in [0.5, 0.6) is 34.5 Å². The van der Waals surface area contributed by atoms with Gasteiger partial charge in [0.1, 0.15) is 0 Å². The van der Waals surface area contributed by atoms with Crippen molar-refractivity contribution >= 4 is 0 Å². The van der Waals surface area contributed by atoms with E-state index in [1.807, 2.05) is 75.4 Å². The first kappa shape index (κ1) is 28.3. The maximum Gasteiger partial charge on any atom is 0.172 e. The van der Waals surface area contributed by atoms with Gasteiger partial charge in [-0.25, -0.2) is 0 Å². The summed E-state index contributed by atoms with van der Waals surface area (Å²) < 4.78 is 35.9. The van der Waals surface area contributed by atoms with Crippen molar-refractivity contribution in [3.63, 3.8) is 0 Å². The predicted molar refractivity (Wildman–Crippen MR) is 151 cm³/mol. The minimum atomic E-state index is -0.942. The zero-order valence-corrected chi connectivity index (χ0v) is 22.6. The zero-order chi connectivity index (χ0) is 27.5. The van der Waals surface area contributed by atoms with Crippen LogP contribution in [-0.4, -0.2) is 19.8 Å². The van der Waals surface area contributed by atoms with Gasteiger partial charge in [-0.2, -0.15) is 0 Å². The maximum atomic E-state index is 6.02. The monoisotopic (exact) mass is 516 g/mol. The van der Waals surface area contributed by atoms with Crippen LogP contribution in [0.15, 0.2) is 93.1 Å². The van der Waals surface area contributed by atoms with Crippen molar-refractivity contribution in [1.29, 1.82) is 0 Å². The van der Waals surface area contributed by atoms with Gasteiger partial charge in [0.15, 0.2) is 34.5 Å². The fourth-order valence-electron chi connectivity index (χ4n) is 4.59. The molecule has 0 N–H and O–H groups in total. The van der Waals surface area contributed by atoms with E-state index < -0.39 is 5.41 Å². The molecule has 0 bridgehead atoms. The number of hydrogen-bond acceptors (Lipinski definition) is 6. The highest BCUT2D eigenvalue weighted by molar-refractivity contribution is 5.67. The van der Waals surface area contributed by atoms with Crippen molar-refractivity contribution in [2.75, 3.05) is 19.8 Å². The van der Waals surface area contributed by atoms with Crippen LogP contribution in [0.3, 0.4) is 0 Å². The third-order valence-electron chi connectivity index (χ3n) is 6.06. The van der Waals surface area contributed by atoms with Crippen LogP contribution in [0.4, 0.5) is 0 Å². The summed E-state index contributed by atoms with van der Waals surface area (Å²) in [5.41, 5.74) is 1.41. The van der Waals surface area contributed by atoms with Crippen LogP contribution in [0.1, 0.15) is 44.4 Å². The van der Waals surface area contributed by atoms with Crippen LogP contribution < -0.4 is 28.4 Å². The zero-order valence-electron chi connectivity index (χ0n) is 22.6. The number of para-hydroxylation sites is 3. The minimum absolute atomic E-state index is 0.461. The Morgan fingerprint density at radius 3 is 1.08 bits per heavy atom. The number of rotatable bonds is 15. The van der Waals surface area contributed by atoms with Crippen molar-refractivity contribution in [3.8, 4) is 34.5 Å². The second-order valence-electron chi connectivity index (χ2n) is 8.18. The quantitative estimate of drug-likeness (QED) is 0.152. The maximum absolute atomic E-state index is 6.02. The van der Waals surface area contributed by atoms with Crippen LogP contribution >= 0.6 is 0 Å². The van der Waals surface area contributed by atoms with Crippen molar-refractivity contribution in [1.82, 2.24) is 0 Å². The van der Waals surface area contributed by atoms with Crippen molar-refractivity contribution in [2.24, 2.45) is 0 Å². The highest BCUT2D eigenvalue weighted by atomic mass is 16.5. The molecule has 0 spiro atoms. The van der Waals surface area contributed by atoms with E-state index in [1.165, 1.54) is 18.8 Å². The Labute approximate surface area is 225 Å². The van der Waals surface area contributed by atoms with Gasteiger partial charge in [0, 0.05) is 16.7 Å². The van der Waals surface area contributed by atoms with E-state index in [0.717, 1.165) is 16.7 Å². The average molecular weight is 517 g/mol. The lowest BCUT2D eigenvalue weighted by Crippen LogP contribution is -2.28. The van der Waals surface area contributed by atoms with Crippen LogP contribution in [0.25, 0.3) is 0 Å². The van der Waals surface area contributed by atoms with Gasteiger partial charge in [0.25, 0.3) is 0 Å². The third kappa shape index (κ3) is 5.49. The molecule has 0 unspecified atom stereocenters. The van der Waals surface area contributed by atoms with Crippen LogP contribution in [0, 0.1) is 0 Å². The van der Waals surface area contributed by atoms with E-state index in [-0.39, 0.29) is 0 Å². The average Bonchev–Trinajstić information content (AvgIpc) is 2.92. The standard InChI is InChI=1S/C32H36O6/c1-8-33-26-20-14-17-23(29(26)36-11-4)32(7,24-18-15-21-27(34-9-2)30(24)37-12-5)25-19-16-22-28(35-10-3)31(25)38-13-6/h11-22H,4-6,8-10H2,1-3,7H3. The molecule has 6 heteroatoms. The molecule has 0 heterocycles. The highest BCUT2D eigenvalue weighted by Gasteiger charge is 2.41. The number of hydrogen-bond donors (Lipinski definition) is 0. The molecule has 0 aromatic heterocycles. The van der Waals surface area contributed by atoms with Gasteiger partial charge in [-0.15, -0.1) is 0 Å². The topological polar surface area (TPSA) is 55.4 Å². The molecule has 0 fully saturated rings. The molecule has 3 aromatic carbocycles. The first-order valence-electron chi connectivity index (χ1n) is 12.6. The lowest BCUT2D eigenvalue weighted by Gasteiger charge is -2.36. The smallest absolute Gasteiger partial charge is 0.172 e. The molecule has 0 aliphatic heterocycles. The molecule has 0 atom stereocenters. The summed E-state index contributed by atoms with van der Waals surface area (Å²) in [4.78, 5) is 0. The molecule has 0 aliphatic carbocycles. The van der Waals surface area contributed by atoms with E-state index in [0.29, 0.717) is 54.3 Å². The second kappa shape index (κ2) is 13.3. The van der Waals surface area contributed by atoms with Crippen molar-refractivity contribution in [2.45, 2.75) is 33.1 Å². The van der Waals surface area contributed by atoms with Gasteiger partial charge in [-0.05, 0) is 45.9 Å². The summed E-state index contributed by atoms with van der Waals surface area (Å²) >= 11 is 0. The van der Waals surface area contributed by atoms with E-state index in [4.69, 9.17) is 28.4 Å². The van der Waals surface area contributed by atoms with Gasteiger partial charge in [0.2, 0.25) is 0 Å². The summed E-state index contributed by atoms with van der Waals surface area (Å²) in [5.74, 6) is 3.29. The molecular weight excluding hydrogens is 480 g/mol. The fourth-order valence-corrected chi connectivity index (χ4v) is 4.59. The number of benzene rings is 3. The summed E-state index contributed by atoms with van der Waals surface area (Å²) in [5, 5.41) is 0. The molecule has 0 aliphatic rings. The lowest BCUT2D eigenvalue weighted by molar-refractivity contribution is 0.312. The predicted octanol–water partition coefficient (Wildman–Crippen LogP) is 7.80. The molecular formula is C32H36O6. The number of ether oxygens (including phenoxy) is 6. The van der Waals surface area contributed by atoms with Gasteiger partial charge in [-0.3, -0.25) is 0 Å². The molecule has 0 amide bonds. The Morgan fingerprint density at radius 2 is 0.842 bits per heavy atom. The normalized spacial score (nSPS) is 10.7. The van der Waals surface area contributed by atoms with Crippen molar-refractivity contribution < 1.29 is 28.4 Å². The SMILES string of the molecule is C=COc1c(OCC)cccc1C(C)(c1cccc(OCC)c1OC=C)c1cccc(OCC)c1OC=C. The van der Waals surface area contributed by atoms with Gasteiger partial charge in [0.05, 0.1) is 44.0 Å². The summed E-state index contributed by atoms with van der Waals surface area (Å²) in [6.45, 7) is 20.6. The van der Waals surface area contributed by atoms with Crippen molar-refractivity contribution in [3.05, 3.63) is 110 Å². The van der Waals surface area contributed by atoms with Gasteiger partial charge in [-0.1, -0.05) is 56.1 Å². The highest BCUT2D eigenvalue weighted by Crippen LogP contribution is 2.54. The molecule has 3 rings (SSSR count). The first-order chi connectivity index (χ1) is 18.5. The fraction of sp³-hybridized carbons (Fsp3) is 0.250. The third-order valence-corrected chi connectivity index (χ3v) is 6.06. The van der Waals surface area contributed by atoms with E-state index in [2.05, 4.69) is 26.7 Å². The summed E-state index contributed by atoms with van der Waals surface area (Å²) in [6, 6.07) is 17.3. The van der Waals surface area contributed by atoms with Gasteiger partial charge >= 0.3 is 0 Å². The molecule has 38 heavy (non-hydrogen) atoms. The Morgan fingerprint density at radius 1 is 0.553 bits per heavy atom. The summed E-state index contributed by atoms with van der Waals surface area (Å²) in [7, 11) is 0. The molecule has 200 valence electrons. The molecule has 0 radical (unpaired) electrons. The van der Waals surface area contributed by atoms with E-state index in [9.17, 15) is 0 Å². The Bertz CT molecular complexity index is 1110. The first-order valence-corrected chi connectivity index (χ1v) is 12.6. The Balaban J connectivity index is 2.54. The van der Waals surface area contributed by atoms with Gasteiger partial charge < -0.3 is 28.4 Å². The Hall–Kier alpha value is -4.32. The van der Waals surface area contributed by atoms with Crippen LogP contribution in [0.2, 0.25) is 0 Å². The molecule has 6 nitrogen and oxygen atoms in total. The molecule has 0 saturated heterocycles. The van der Waals surface area contributed by atoms with E-state index in [1.54, 1.807) is 0 Å². The molecule has 3 aromatic rings. The lowest BCUT2D eigenvalue weighted by atomic mass is 9.69.